The van der Waals surface area contributed by atoms with Gasteiger partial charge in [-0.05, 0) is 43.9 Å². The summed E-state index contributed by atoms with van der Waals surface area (Å²) >= 11 is 6.21. The van der Waals surface area contributed by atoms with E-state index in [-0.39, 0.29) is 6.04 Å². The summed E-state index contributed by atoms with van der Waals surface area (Å²) in [5.74, 6) is 5.71. The van der Waals surface area contributed by atoms with Crippen molar-refractivity contribution in [3.63, 3.8) is 0 Å². The largest absolute Gasteiger partial charge is 0.272 e. The van der Waals surface area contributed by atoms with Gasteiger partial charge in [0.05, 0.1) is 5.69 Å². The average Bonchev–Trinajstić information content (AvgIpc) is 2.66. The summed E-state index contributed by atoms with van der Waals surface area (Å²) < 4.78 is 1.91. The Bertz CT molecular complexity index is 592. The Balaban J connectivity index is 2.15. The molecule has 0 aliphatic heterocycles. The van der Waals surface area contributed by atoms with Crippen LogP contribution in [0.2, 0.25) is 5.02 Å². The highest BCUT2D eigenvalue weighted by Gasteiger charge is 2.16. The highest BCUT2D eigenvalue weighted by atomic mass is 35.5. The monoisotopic (exact) mass is 292 g/mol. The minimum atomic E-state index is 0.136. The molecule has 2 aromatic rings. The maximum Gasteiger partial charge on any atom is 0.0628 e. The molecule has 0 bridgehead atoms. The van der Waals surface area contributed by atoms with Gasteiger partial charge in [0, 0.05) is 23.8 Å². The predicted molar refractivity (Wildman–Crippen MR) is 82.7 cm³/mol. The van der Waals surface area contributed by atoms with E-state index in [1.807, 2.05) is 42.9 Å². The average molecular weight is 293 g/mol. The van der Waals surface area contributed by atoms with Crippen molar-refractivity contribution in [3.8, 4) is 0 Å². The quantitative estimate of drug-likeness (QED) is 0.657. The van der Waals surface area contributed by atoms with E-state index < -0.39 is 0 Å². The molecule has 1 unspecified atom stereocenters. The number of nitrogens with one attached hydrogen (secondary N) is 1. The number of aryl methyl sites for hydroxylation is 2. The van der Waals surface area contributed by atoms with E-state index in [1.165, 1.54) is 11.3 Å². The molecule has 0 spiro atoms. The second-order valence-corrected chi connectivity index (χ2v) is 5.54. The van der Waals surface area contributed by atoms with Crippen LogP contribution >= 0.6 is 11.6 Å². The molecule has 1 aromatic heterocycles. The molecule has 0 saturated heterocycles. The van der Waals surface area contributed by atoms with Gasteiger partial charge in [-0.25, -0.2) is 0 Å². The highest BCUT2D eigenvalue weighted by molar-refractivity contribution is 6.31. The zero-order valence-electron chi connectivity index (χ0n) is 12.2. The van der Waals surface area contributed by atoms with E-state index in [2.05, 4.69) is 17.4 Å². The number of hydrazine groups is 1. The van der Waals surface area contributed by atoms with Gasteiger partial charge in [0.1, 0.15) is 0 Å². The first-order valence-electron chi connectivity index (χ1n) is 6.71. The molecule has 0 radical (unpaired) electrons. The first-order valence-corrected chi connectivity index (χ1v) is 7.09. The molecule has 1 aromatic carbocycles. The number of hydrogen-bond donors (Lipinski definition) is 2. The molecule has 4 nitrogen and oxygen atoms in total. The van der Waals surface area contributed by atoms with Gasteiger partial charge < -0.3 is 0 Å². The third-order valence-electron chi connectivity index (χ3n) is 3.77. The van der Waals surface area contributed by atoms with Gasteiger partial charge in [0.25, 0.3) is 0 Å². The SMILES string of the molecule is Cc1nn(C)c(C)c1CC(Cc1ccccc1Cl)NN. The first-order chi connectivity index (χ1) is 9.52. The number of nitrogens with two attached hydrogens (primary N) is 1. The lowest BCUT2D eigenvalue weighted by Crippen LogP contribution is -2.38. The smallest absolute Gasteiger partial charge is 0.0628 e. The normalized spacial score (nSPS) is 12.7. The van der Waals surface area contributed by atoms with E-state index >= 15 is 0 Å². The van der Waals surface area contributed by atoms with Gasteiger partial charge in [-0.15, -0.1) is 0 Å². The Morgan fingerprint density at radius 1 is 1.30 bits per heavy atom. The number of rotatable bonds is 5. The number of nitrogens with zero attached hydrogens (tertiary/aromatic N) is 2. The third kappa shape index (κ3) is 3.20. The predicted octanol–water partition coefficient (Wildman–Crippen LogP) is 2.31. The van der Waals surface area contributed by atoms with Crippen LogP contribution in [0.4, 0.5) is 0 Å². The van der Waals surface area contributed by atoms with E-state index in [1.54, 1.807) is 0 Å². The van der Waals surface area contributed by atoms with Crippen molar-refractivity contribution < 1.29 is 0 Å². The van der Waals surface area contributed by atoms with E-state index in [9.17, 15) is 0 Å². The lowest BCUT2D eigenvalue weighted by atomic mass is 9.98. The van der Waals surface area contributed by atoms with Crippen LogP contribution in [0.15, 0.2) is 24.3 Å². The van der Waals surface area contributed by atoms with Crippen molar-refractivity contribution >= 4 is 11.6 Å². The van der Waals surface area contributed by atoms with Crippen LogP contribution in [-0.2, 0) is 19.9 Å². The second kappa shape index (κ2) is 6.39. The molecular formula is C15H21ClN4. The van der Waals surface area contributed by atoms with Crippen molar-refractivity contribution in [1.82, 2.24) is 15.2 Å². The summed E-state index contributed by atoms with van der Waals surface area (Å²) in [6, 6.07) is 8.01. The fraction of sp³-hybridized carbons (Fsp3) is 0.400. The lowest BCUT2D eigenvalue weighted by Gasteiger charge is -2.17. The van der Waals surface area contributed by atoms with Gasteiger partial charge >= 0.3 is 0 Å². The minimum Gasteiger partial charge on any atom is -0.272 e. The molecule has 108 valence electrons. The second-order valence-electron chi connectivity index (χ2n) is 5.14. The molecule has 20 heavy (non-hydrogen) atoms. The third-order valence-corrected chi connectivity index (χ3v) is 4.14. The highest BCUT2D eigenvalue weighted by Crippen LogP contribution is 2.20. The minimum absolute atomic E-state index is 0.136. The summed E-state index contributed by atoms with van der Waals surface area (Å²) in [6.07, 6.45) is 1.64. The zero-order valence-corrected chi connectivity index (χ0v) is 12.9. The van der Waals surface area contributed by atoms with Crippen LogP contribution in [0.3, 0.4) is 0 Å². The van der Waals surface area contributed by atoms with Gasteiger partial charge in [-0.3, -0.25) is 16.0 Å². The van der Waals surface area contributed by atoms with Crippen LogP contribution < -0.4 is 11.3 Å². The number of benzene rings is 1. The van der Waals surface area contributed by atoms with Crippen molar-refractivity contribution in [2.75, 3.05) is 0 Å². The van der Waals surface area contributed by atoms with Gasteiger partial charge in [-0.1, -0.05) is 29.8 Å². The number of hydrogen-bond acceptors (Lipinski definition) is 3. The fourth-order valence-electron chi connectivity index (χ4n) is 2.48. The Kier molecular flexibility index (Phi) is 4.81. The van der Waals surface area contributed by atoms with Crippen molar-refractivity contribution in [2.45, 2.75) is 32.7 Å². The molecule has 0 fully saturated rings. The molecule has 3 N–H and O–H groups in total. The molecule has 1 atom stereocenters. The Morgan fingerprint density at radius 3 is 2.55 bits per heavy atom. The van der Waals surface area contributed by atoms with Crippen molar-refractivity contribution in [3.05, 3.63) is 51.8 Å². The van der Waals surface area contributed by atoms with Crippen LogP contribution in [0, 0.1) is 13.8 Å². The maximum atomic E-state index is 6.21. The summed E-state index contributed by atoms with van der Waals surface area (Å²) in [4.78, 5) is 0. The Hall–Kier alpha value is -1.36. The van der Waals surface area contributed by atoms with E-state index in [0.717, 1.165) is 29.1 Å². The summed E-state index contributed by atoms with van der Waals surface area (Å²) in [5.41, 5.74) is 7.50. The number of aromatic nitrogens is 2. The Morgan fingerprint density at radius 2 is 2.00 bits per heavy atom. The first kappa shape index (κ1) is 15.0. The zero-order chi connectivity index (χ0) is 14.7. The summed E-state index contributed by atoms with van der Waals surface area (Å²) in [6.45, 7) is 4.11. The molecule has 0 amide bonds. The van der Waals surface area contributed by atoms with Crippen LogP contribution in [-0.4, -0.2) is 15.8 Å². The van der Waals surface area contributed by atoms with Crippen LogP contribution in [0.25, 0.3) is 0 Å². The topological polar surface area (TPSA) is 55.9 Å². The Labute approximate surface area is 124 Å². The molecule has 5 heteroatoms. The van der Waals surface area contributed by atoms with E-state index in [0.29, 0.717) is 0 Å². The standard InChI is InChI=1S/C15H21ClN4/c1-10-14(11(2)20(3)19-10)9-13(18-17)8-12-6-4-5-7-15(12)16/h4-7,13,18H,8-9,17H2,1-3H3. The van der Waals surface area contributed by atoms with Crippen LogP contribution in [0.5, 0.6) is 0 Å². The van der Waals surface area contributed by atoms with Gasteiger partial charge in [0.15, 0.2) is 0 Å². The van der Waals surface area contributed by atoms with Gasteiger partial charge in [0.2, 0.25) is 0 Å². The van der Waals surface area contributed by atoms with E-state index in [4.69, 9.17) is 17.4 Å². The molecule has 0 aliphatic carbocycles. The van der Waals surface area contributed by atoms with Crippen molar-refractivity contribution in [1.29, 1.82) is 0 Å². The molecule has 1 heterocycles. The molecule has 2 rings (SSSR count). The van der Waals surface area contributed by atoms with Gasteiger partial charge in [-0.2, -0.15) is 5.10 Å². The van der Waals surface area contributed by atoms with Crippen LogP contribution in [0.1, 0.15) is 22.5 Å². The summed E-state index contributed by atoms with van der Waals surface area (Å²) in [5, 5.41) is 5.23. The molecule has 0 aliphatic rings. The fourth-order valence-corrected chi connectivity index (χ4v) is 2.69. The lowest BCUT2D eigenvalue weighted by molar-refractivity contribution is 0.520. The molecular weight excluding hydrogens is 272 g/mol. The molecule has 0 saturated carbocycles. The maximum absolute atomic E-state index is 6.21. The van der Waals surface area contributed by atoms with Crippen molar-refractivity contribution in [2.24, 2.45) is 12.9 Å². The number of halogens is 1. The summed E-state index contributed by atoms with van der Waals surface area (Å²) in [7, 11) is 1.96.